The molecule has 7 aromatic carbocycles. The second-order valence-corrected chi connectivity index (χ2v) is 12.3. The number of hydrogen-bond donors (Lipinski definition) is 0. The molecule has 210 valence electrons. The van der Waals surface area contributed by atoms with Crippen LogP contribution in [-0.4, -0.2) is 15.0 Å². The molecule has 0 radical (unpaired) electrons. The van der Waals surface area contributed by atoms with E-state index in [1.54, 1.807) is 0 Å². The molecule has 0 fully saturated rings. The minimum atomic E-state index is 0.661. The monoisotopic (exact) mass is 591 g/mol. The highest BCUT2D eigenvalue weighted by Gasteiger charge is 2.17. The lowest BCUT2D eigenvalue weighted by Crippen LogP contribution is -2.00. The summed E-state index contributed by atoms with van der Waals surface area (Å²) < 4.78 is 2.54. The molecular formula is C41H25N3S. The predicted molar refractivity (Wildman–Crippen MR) is 189 cm³/mol. The fourth-order valence-corrected chi connectivity index (χ4v) is 7.40. The fraction of sp³-hybridized carbons (Fsp3) is 0. The Balaban J connectivity index is 1.25. The molecule has 4 heteroatoms. The predicted octanol–water partition coefficient (Wildman–Crippen LogP) is 11.2. The van der Waals surface area contributed by atoms with Gasteiger partial charge in [0, 0.05) is 36.9 Å². The molecule has 0 aliphatic rings. The molecule has 0 unspecified atom stereocenters. The van der Waals surface area contributed by atoms with Gasteiger partial charge >= 0.3 is 0 Å². The molecule has 0 N–H and O–H groups in total. The van der Waals surface area contributed by atoms with Gasteiger partial charge in [-0.1, -0.05) is 115 Å². The third kappa shape index (κ3) is 4.46. The molecule has 45 heavy (non-hydrogen) atoms. The molecule has 0 amide bonds. The zero-order valence-electron chi connectivity index (χ0n) is 24.2. The van der Waals surface area contributed by atoms with E-state index < -0.39 is 0 Å². The number of thiophene rings is 1. The molecule has 0 aliphatic carbocycles. The summed E-state index contributed by atoms with van der Waals surface area (Å²) in [7, 11) is 0. The van der Waals surface area contributed by atoms with E-state index in [1.807, 2.05) is 29.5 Å². The molecule has 2 heterocycles. The number of hydrogen-bond acceptors (Lipinski definition) is 4. The van der Waals surface area contributed by atoms with E-state index in [2.05, 4.69) is 133 Å². The average Bonchev–Trinajstić information content (AvgIpc) is 3.49. The van der Waals surface area contributed by atoms with E-state index in [-0.39, 0.29) is 0 Å². The maximum Gasteiger partial charge on any atom is 0.164 e. The number of aromatic nitrogens is 3. The van der Waals surface area contributed by atoms with E-state index in [0.717, 1.165) is 22.1 Å². The second-order valence-electron chi connectivity index (χ2n) is 11.2. The fourth-order valence-electron chi connectivity index (χ4n) is 6.31. The number of fused-ring (bicyclic) bond motifs is 5. The van der Waals surface area contributed by atoms with Gasteiger partial charge in [-0.25, -0.2) is 15.0 Å². The normalized spacial score (nSPS) is 11.6. The molecule has 9 aromatic rings. The SMILES string of the molecule is c1ccc(-c2nc(-c3ccc4sc5ccccc5c4c3)nc(-c3ccc(-c4ccc5ccccc5c4)c4ccccc34)n2)cc1. The lowest BCUT2D eigenvalue weighted by molar-refractivity contribution is 1.08. The van der Waals surface area contributed by atoms with Crippen LogP contribution in [0.4, 0.5) is 0 Å². The maximum absolute atomic E-state index is 5.15. The van der Waals surface area contributed by atoms with Gasteiger partial charge in [0.15, 0.2) is 17.5 Å². The minimum Gasteiger partial charge on any atom is -0.208 e. The van der Waals surface area contributed by atoms with Gasteiger partial charge in [0.1, 0.15) is 0 Å². The summed E-state index contributed by atoms with van der Waals surface area (Å²) in [6.45, 7) is 0. The van der Waals surface area contributed by atoms with Crippen LogP contribution >= 0.6 is 11.3 Å². The van der Waals surface area contributed by atoms with Crippen molar-refractivity contribution in [3.63, 3.8) is 0 Å². The van der Waals surface area contributed by atoms with Crippen LogP contribution in [0.5, 0.6) is 0 Å². The third-order valence-corrected chi connectivity index (χ3v) is 9.68. The van der Waals surface area contributed by atoms with Crippen molar-refractivity contribution in [3.8, 4) is 45.3 Å². The molecule has 3 nitrogen and oxygen atoms in total. The summed E-state index contributed by atoms with van der Waals surface area (Å²) in [5, 5.41) is 7.22. The standard InChI is InChI=1S/C41H25N3S/c1-2-11-27(12-3-1)39-42-40(30-20-23-38-36(25-30)34-16-8-9-17-37(34)45-38)44-41(43-39)35-22-21-31(32-14-6-7-15-33(32)35)29-19-18-26-10-4-5-13-28(26)24-29/h1-25H. The van der Waals surface area contributed by atoms with Gasteiger partial charge in [-0.2, -0.15) is 0 Å². The zero-order chi connectivity index (χ0) is 29.7. The van der Waals surface area contributed by atoms with Crippen molar-refractivity contribution in [2.24, 2.45) is 0 Å². The van der Waals surface area contributed by atoms with Crippen molar-refractivity contribution >= 4 is 53.1 Å². The lowest BCUT2D eigenvalue weighted by Gasteiger charge is -2.13. The van der Waals surface area contributed by atoms with E-state index in [0.29, 0.717) is 17.5 Å². The first-order valence-electron chi connectivity index (χ1n) is 15.0. The van der Waals surface area contributed by atoms with E-state index in [4.69, 9.17) is 15.0 Å². The first kappa shape index (κ1) is 25.8. The molecule has 0 atom stereocenters. The van der Waals surface area contributed by atoms with Crippen molar-refractivity contribution in [1.29, 1.82) is 0 Å². The average molecular weight is 592 g/mol. The Morgan fingerprint density at radius 1 is 0.333 bits per heavy atom. The van der Waals surface area contributed by atoms with Crippen LogP contribution < -0.4 is 0 Å². The maximum atomic E-state index is 5.15. The van der Waals surface area contributed by atoms with E-state index in [9.17, 15) is 0 Å². The summed E-state index contributed by atoms with van der Waals surface area (Å²) in [6, 6.07) is 53.4. The molecule has 0 saturated heterocycles. The zero-order valence-corrected chi connectivity index (χ0v) is 25.0. The Kier molecular flexibility index (Phi) is 6.00. The van der Waals surface area contributed by atoms with Crippen molar-refractivity contribution in [3.05, 3.63) is 152 Å². The molecule has 2 aromatic heterocycles. The van der Waals surface area contributed by atoms with Gasteiger partial charge in [0.2, 0.25) is 0 Å². The Labute approximate surface area is 264 Å². The summed E-state index contributed by atoms with van der Waals surface area (Å²) in [6.07, 6.45) is 0. The Morgan fingerprint density at radius 3 is 1.78 bits per heavy atom. The van der Waals surface area contributed by atoms with E-state index in [1.165, 1.54) is 47.5 Å². The van der Waals surface area contributed by atoms with Gasteiger partial charge in [-0.05, 0) is 69.1 Å². The second kappa shape index (κ2) is 10.5. The van der Waals surface area contributed by atoms with Crippen molar-refractivity contribution in [2.45, 2.75) is 0 Å². The lowest BCUT2D eigenvalue weighted by atomic mass is 9.93. The highest BCUT2D eigenvalue weighted by molar-refractivity contribution is 7.25. The van der Waals surface area contributed by atoms with Crippen LogP contribution in [0.3, 0.4) is 0 Å². The largest absolute Gasteiger partial charge is 0.208 e. The van der Waals surface area contributed by atoms with E-state index >= 15 is 0 Å². The highest BCUT2D eigenvalue weighted by Crippen LogP contribution is 2.38. The summed E-state index contributed by atoms with van der Waals surface area (Å²) in [4.78, 5) is 15.2. The summed E-state index contributed by atoms with van der Waals surface area (Å²) in [5.74, 6) is 1.99. The van der Waals surface area contributed by atoms with Crippen LogP contribution in [0.15, 0.2) is 152 Å². The Bertz CT molecular complexity index is 2550. The Morgan fingerprint density at radius 2 is 0.933 bits per heavy atom. The first-order valence-corrected chi connectivity index (χ1v) is 15.8. The van der Waals surface area contributed by atoms with Crippen LogP contribution in [0.25, 0.3) is 87.0 Å². The van der Waals surface area contributed by atoms with Gasteiger partial charge in [-0.15, -0.1) is 11.3 Å². The number of rotatable bonds is 4. The smallest absolute Gasteiger partial charge is 0.164 e. The van der Waals surface area contributed by atoms with Gasteiger partial charge in [0.05, 0.1) is 0 Å². The molecular weight excluding hydrogens is 567 g/mol. The summed E-state index contributed by atoms with van der Waals surface area (Å²) in [5.41, 5.74) is 5.30. The number of nitrogens with zero attached hydrogens (tertiary/aromatic N) is 3. The van der Waals surface area contributed by atoms with Crippen molar-refractivity contribution in [1.82, 2.24) is 15.0 Å². The highest BCUT2D eigenvalue weighted by atomic mass is 32.1. The van der Waals surface area contributed by atoms with Gasteiger partial charge in [0.25, 0.3) is 0 Å². The third-order valence-electron chi connectivity index (χ3n) is 8.53. The Hall–Kier alpha value is -5.71. The summed E-state index contributed by atoms with van der Waals surface area (Å²) >= 11 is 1.81. The van der Waals surface area contributed by atoms with Crippen molar-refractivity contribution in [2.75, 3.05) is 0 Å². The van der Waals surface area contributed by atoms with Crippen molar-refractivity contribution < 1.29 is 0 Å². The topological polar surface area (TPSA) is 38.7 Å². The number of benzene rings is 7. The molecule has 0 saturated carbocycles. The molecule has 9 rings (SSSR count). The van der Waals surface area contributed by atoms with Crippen LogP contribution in [0.2, 0.25) is 0 Å². The first-order chi connectivity index (χ1) is 22.3. The quantitative estimate of drug-likeness (QED) is 0.204. The van der Waals surface area contributed by atoms with Crippen LogP contribution in [0, 0.1) is 0 Å². The van der Waals surface area contributed by atoms with Gasteiger partial charge < -0.3 is 0 Å². The van der Waals surface area contributed by atoms with Gasteiger partial charge in [-0.3, -0.25) is 0 Å². The molecule has 0 aliphatic heterocycles. The van der Waals surface area contributed by atoms with Crippen LogP contribution in [-0.2, 0) is 0 Å². The minimum absolute atomic E-state index is 0.661. The molecule has 0 bridgehead atoms. The molecule has 0 spiro atoms. The van der Waals surface area contributed by atoms with Crippen LogP contribution in [0.1, 0.15) is 0 Å².